The smallest absolute Gasteiger partial charge is 0.00152 e. The Balaban J connectivity index is 1.74. The van der Waals surface area contributed by atoms with Gasteiger partial charge in [0.2, 0.25) is 0 Å². The molecule has 2 aliphatic rings. The first-order valence-corrected chi connectivity index (χ1v) is 8.24. The highest BCUT2D eigenvalue weighted by Crippen LogP contribution is 2.58. The average Bonchev–Trinajstić information content (AvgIpc) is 3.05. The Morgan fingerprint density at radius 1 is 1.06 bits per heavy atom. The van der Waals surface area contributed by atoms with Gasteiger partial charge >= 0.3 is 0 Å². The Morgan fingerprint density at radius 3 is 2.22 bits per heavy atom. The molecule has 1 aliphatic heterocycles. The zero-order chi connectivity index (χ0) is 12.8. The van der Waals surface area contributed by atoms with Gasteiger partial charge in [-0.3, -0.25) is 0 Å². The fraction of sp³-hybridized carbons (Fsp3) is 1.00. The second kappa shape index (κ2) is 6.91. The maximum atomic E-state index is 3.51. The molecular formula is C16H32N2. The van der Waals surface area contributed by atoms with Crippen LogP contribution in [0.4, 0.5) is 0 Å². The number of hydrogen-bond donors (Lipinski definition) is 1. The topological polar surface area (TPSA) is 15.3 Å². The Labute approximate surface area is 114 Å². The molecular weight excluding hydrogens is 220 g/mol. The molecule has 0 bridgehead atoms. The van der Waals surface area contributed by atoms with Gasteiger partial charge in [0.15, 0.2) is 0 Å². The van der Waals surface area contributed by atoms with E-state index in [2.05, 4.69) is 24.1 Å². The van der Waals surface area contributed by atoms with Crippen LogP contribution in [0.15, 0.2) is 0 Å². The van der Waals surface area contributed by atoms with Gasteiger partial charge in [0.25, 0.3) is 0 Å². The predicted octanol–water partition coefficient (Wildman–Crippen LogP) is 3.28. The normalized spacial score (nSPS) is 25.8. The molecule has 1 aliphatic carbocycles. The van der Waals surface area contributed by atoms with Crippen molar-refractivity contribution in [3.63, 3.8) is 0 Å². The van der Waals surface area contributed by atoms with E-state index in [1.165, 1.54) is 77.7 Å². The molecule has 1 spiro atoms. The predicted molar refractivity (Wildman–Crippen MR) is 78.9 cm³/mol. The van der Waals surface area contributed by atoms with E-state index in [1.807, 2.05) is 0 Å². The Hall–Kier alpha value is -0.0800. The molecule has 0 radical (unpaired) electrons. The lowest BCUT2D eigenvalue weighted by Gasteiger charge is -2.27. The quantitative estimate of drug-likeness (QED) is 0.713. The lowest BCUT2D eigenvalue weighted by Crippen LogP contribution is -2.33. The van der Waals surface area contributed by atoms with Gasteiger partial charge in [-0.25, -0.2) is 0 Å². The van der Waals surface area contributed by atoms with Crippen molar-refractivity contribution in [3.05, 3.63) is 0 Å². The SMILES string of the molecule is CCCCN(CCCC)CC1CC12CCNCC2. The van der Waals surface area contributed by atoms with Crippen LogP contribution >= 0.6 is 0 Å². The average molecular weight is 252 g/mol. The molecule has 1 unspecified atom stereocenters. The van der Waals surface area contributed by atoms with Crippen LogP contribution in [0, 0.1) is 11.3 Å². The monoisotopic (exact) mass is 252 g/mol. The van der Waals surface area contributed by atoms with E-state index in [0.717, 1.165) is 11.3 Å². The van der Waals surface area contributed by atoms with Crippen LogP contribution in [-0.4, -0.2) is 37.6 Å². The van der Waals surface area contributed by atoms with Crippen LogP contribution in [0.2, 0.25) is 0 Å². The Bertz CT molecular complexity index is 225. The third-order valence-electron chi connectivity index (χ3n) is 5.09. The number of rotatable bonds is 8. The van der Waals surface area contributed by atoms with Crippen molar-refractivity contribution >= 4 is 0 Å². The van der Waals surface area contributed by atoms with Crippen LogP contribution < -0.4 is 5.32 Å². The molecule has 0 aromatic carbocycles. The molecule has 0 aromatic rings. The lowest BCUT2D eigenvalue weighted by atomic mass is 9.92. The molecule has 1 heterocycles. The highest BCUT2D eigenvalue weighted by atomic mass is 15.1. The minimum Gasteiger partial charge on any atom is -0.317 e. The van der Waals surface area contributed by atoms with E-state index in [4.69, 9.17) is 0 Å². The first-order chi connectivity index (χ1) is 8.80. The van der Waals surface area contributed by atoms with Gasteiger partial charge in [-0.2, -0.15) is 0 Å². The molecule has 2 fully saturated rings. The Kier molecular flexibility index (Phi) is 5.50. The second-order valence-electron chi connectivity index (χ2n) is 6.52. The minimum absolute atomic E-state index is 0.766. The van der Waals surface area contributed by atoms with Gasteiger partial charge in [-0.1, -0.05) is 26.7 Å². The maximum absolute atomic E-state index is 3.51. The van der Waals surface area contributed by atoms with Crippen LogP contribution in [0.25, 0.3) is 0 Å². The highest BCUT2D eigenvalue weighted by molar-refractivity contribution is 5.05. The first kappa shape index (κ1) is 14.3. The van der Waals surface area contributed by atoms with E-state index in [-0.39, 0.29) is 0 Å². The van der Waals surface area contributed by atoms with Crippen molar-refractivity contribution < 1.29 is 0 Å². The van der Waals surface area contributed by atoms with Gasteiger partial charge in [-0.15, -0.1) is 0 Å². The van der Waals surface area contributed by atoms with Gasteiger partial charge in [0, 0.05) is 6.54 Å². The summed E-state index contributed by atoms with van der Waals surface area (Å²) in [5.74, 6) is 1.02. The molecule has 1 saturated carbocycles. The van der Waals surface area contributed by atoms with Crippen LogP contribution in [0.1, 0.15) is 58.8 Å². The minimum atomic E-state index is 0.766. The second-order valence-corrected chi connectivity index (χ2v) is 6.52. The summed E-state index contributed by atoms with van der Waals surface area (Å²) in [6, 6.07) is 0. The highest BCUT2D eigenvalue weighted by Gasteiger charge is 2.53. The van der Waals surface area contributed by atoms with E-state index in [9.17, 15) is 0 Å². The molecule has 0 amide bonds. The molecule has 106 valence electrons. The summed E-state index contributed by atoms with van der Waals surface area (Å²) < 4.78 is 0. The fourth-order valence-electron chi connectivity index (χ4n) is 3.60. The van der Waals surface area contributed by atoms with Crippen LogP contribution in [0.5, 0.6) is 0 Å². The maximum Gasteiger partial charge on any atom is 0.00152 e. The summed E-state index contributed by atoms with van der Waals surface area (Å²) in [6.07, 6.45) is 9.82. The van der Waals surface area contributed by atoms with Crippen molar-refractivity contribution in [1.29, 1.82) is 0 Å². The summed E-state index contributed by atoms with van der Waals surface area (Å²) in [4.78, 5) is 2.76. The molecule has 1 N–H and O–H groups in total. The number of unbranched alkanes of at least 4 members (excludes halogenated alkanes) is 2. The van der Waals surface area contributed by atoms with Gasteiger partial charge in [-0.05, 0) is 69.6 Å². The van der Waals surface area contributed by atoms with E-state index >= 15 is 0 Å². The molecule has 1 saturated heterocycles. The van der Waals surface area contributed by atoms with E-state index in [1.54, 1.807) is 0 Å². The molecule has 0 aromatic heterocycles. The van der Waals surface area contributed by atoms with Gasteiger partial charge < -0.3 is 10.2 Å². The first-order valence-electron chi connectivity index (χ1n) is 8.24. The van der Waals surface area contributed by atoms with Crippen molar-refractivity contribution in [2.45, 2.75) is 58.8 Å². The van der Waals surface area contributed by atoms with E-state index < -0.39 is 0 Å². The van der Waals surface area contributed by atoms with Gasteiger partial charge in [0.1, 0.15) is 0 Å². The summed E-state index contributed by atoms with van der Waals surface area (Å²) in [7, 11) is 0. The summed E-state index contributed by atoms with van der Waals surface area (Å²) in [5.41, 5.74) is 0.766. The standard InChI is InChI=1S/C16H32N2/c1-3-5-11-18(12-6-4-2)14-15-13-16(15)7-9-17-10-8-16/h15,17H,3-14H2,1-2H3. The van der Waals surface area contributed by atoms with Gasteiger partial charge in [0.05, 0.1) is 0 Å². The number of piperidine rings is 1. The van der Waals surface area contributed by atoms with Crippen LogP contribution in [-0.2, 0) is 0 Å². The van der Waals surface area contributed by atoms with E-state index in [0.29, 0.717) is 0 Å². The fourth-order valence-corrected chi connectivity index (χ4v) is 3.60. The largest absolute Gasteiger partial charge is 0.317 e. The number of nitrogens with one attached hydrogen (secondary N) is 1. The van der Waals surface area contributed by atoms with Crippen molar-refractivity contribution in [2.24, 2.45) is 11.3 Å². The lowest BCUT2D eigenvalue weighted by molar-refractivity contribution is 0.224. The molecule has 2 heteroatoms. The summed E-state index contributed by atoms with van der Waals surface area (Å²) >= 11 is 0. The molecule has 2 nitrogen and oxygen atoms in total. The molecule has 2 rings (SSSR count). The number of hydrogen-bond acceptors (Lipinski definition) is 2. The molecule has 18 heavy (non-hydrogen) atoms. The Morgan fingerprint density at radius 2 is 1.67 bits per heavy atom. The summed E-state index contributed by atoms with van der Waals surface area (Å²) in [6.45, 7) is 11.2. The number of nitrogens with zero attached hydrogens (tertiary/aromatic N) is 1. The third-order valence-corrected chi connectivity index (χ3v) is 5.09. The van der Waals surface area contributed by atoms with Crippen LogP contribution in [0.3, 0.4) is 0 Å². The van der Waals surface area contributed by atoms with Crippen molar-refractivity contribution in [2.75, 3.05) is 32.7 Å². The van der Waals surface area contributed by atoms with Crippen molar-refractivity contribution in [1.82, 2.24) is 10.2 Å². The zero-order valence-electron chi connectivity index (χ0n) is 12.5. The molecule has 1 atom stereocenters. The third kappa shape index (κ3) is 3.71. The van der Waals surface area contributed by atoms with Crippen molar-refractivity contribution in [3.8, 4) is 0 Å². The summed E-state index contributed by atoms with van der Waals surface area (Å²) in [5, 5.41) is 3.51. The zero-order valence-corrected chi connectivity index (χ0v) is 12.5.